The lowest BCUT2D eigenvalue weighted by Crippen LogP contribution is -2.32. The van der Waals surface area contributed by atoms with Crippen molar-refractivity contribution in [1.29, 1.82) is 0 Å². The van der Waals surface area contributed by atoms with Gasteiger partial charge in [-0.2, -0.15) is 0 Å². The van der Waals surface area contributed by atoms with Crippen molar-refractivity contribution in [2.45, 2.75) is 142 Å². The summed E-state index contributed by atoms with van der Waals surface area (Å²) < 4.78 is 0. The van der Waals surface area contributed by atoms with Gasteiger partial charge in [-0.05, 0) is 13.8 Å². The summed E-state index contributed by atoms with van der Waals surface area (Å²) in [4.78, 5) is 482. The van der Waals surface area contributed by atoms with Crippen LogP contribution in [-0.2, 0) is 192 Å². The molecule has 0 bridgehead atoms. The molecule has 0 amide bonds. The minimum absolute atomic E-state index is 0.768. The van der Waals surface area contributed by atoms with Gasteiger partial charge < -0.3 is 0 Å². The number of carbonyl (C=O) groups excluding carboxylic acids is 40. The Labute approximate surface area is 563 Å². The van der Waals surface area contributed by atoms with Gasteiger partial charge in [0.1, 0.15) is 11.6 Å². The van der Waals surface area contributed by atoms with Gasteiger partial charge in [0, 0.05) is 0 Å². The van der Waals surface area contributed by atoms with E-state index in [1.165, 1.54) is 0 Å². The second-order valence-electron chi connectivity index (χ2n) is 21.0. The van der Waals surface area contributed by atoms with Crippen molar-refractivity contribution in [1.82, 2.24) is 0 Å². The van der Waals surface area contributed by atoms with Crippen molar-refractivity contribution in [3.05, 3.63) is 0 Å². The number of hydrogen-bond donors (Lipinski definition) is 0. The molecule has 40 heteroatoms. The van der Waals surface area contributed by atoms with Crippen molar-refractivity contribution in [2.24, 2.45) is 0 Å². The summed E-state index contributed by atoms with van der Waals surface area (Å²) >= 11 is 0. The van der Waals surface area contributed by atoms with E-state index in [1.807, 2.05) is 0 Å². The Morgan fingerprint density at radius 3 is 0.167 bits per heavy atom. The summed E-state index contributed by atoms with van der Waals surface area (Å²) in [5.74, 6) is -70.8. The Hall–Kier alpha value is -13.2. The van der Waals surface area contributed by atoms with E-state index in [9.17, 15) is 192 Å². The maximum atomic E-state index is 12.3. The quantitative estimate of drug-likeness (QED) is 0.0403. The van der Waals surface area contributed by atoms with Crippen LogP contribution in [0.5, 0.6) is 0 Å². The Bertz CT molecular complexity index is 3850. The molecule has 0 heterocycles. The van der Waals surface area contributed by atoms with Crippen LogP contribution in [0.25, 0.3) is 0 Å². The number of carbonyl (C=O) groups is 40. The average Bonchev–Trinajstić information content (AvgIpc) is 0.891. The third-order valence-electron chi connectivity index (χ3n) is 12.5. The molecule has 0 spiro atoms. The average molecular weight is 1430 g/mol. The highest BCUT2D eigenvalue weighted by Crippen LogP contribution is 2.09. The second-order valence-corrected chi connectivity index (χ2v) is 21.0. The van der Waals surface area contributed by atoms with Crippen molar-refractivity contribution in [2.75, 3.05) is 0 Å². The molecule has 0 radical (unpaired) electrons. The lowest BCUT2D eigenvalue weighted by atomic mass is 9.96. The lowest BCUT2D eigenvalue weighted by molar-refractivity contribution is -0.147. The maximum absolute atomic E-state index is 12.3. The highest BCUT2D eigenvalue weighted by molar-refractivity contribution is 6.63. The largest absolute Gasteiger partial charge is 0.300 e. The van der Waals surface area contributed by atoms with E-state index >= 15 is 0 Å². The van der Waals surface area contributed by atoms with Crippen molar-refractivity contribution < 1.29 is 192 Å². The SMILES string of the molecule is CC(=O)CC(=O)C(=O)CC(=O)C(=O)CC(=O)C(=O)CC(=O)C(=O)CC(=O)C(=O)CC(=O)C(=O)CC(=O)C(=O)CC(=O)C(=O)CC(=O)C(=O)CC(=O)C(=O)CC(=O)C(=O)CC(=O)C(=O)CC(=O)C(=O)CC(=O)C(=O)CC(=O)C(=O)CC(=O)C(=O)CC(=O)C(=O)CC(=O)C(=O)CC(=O)C(=O)CC(C)=O. The molecule has 0 aromatic rings. The monoisotopic (exact) mass is 1430 g/mol. The molecule has 0 rings (SSSR count). The van der Waals surface area contributed by atoms with Gasteiger partial charge >= 0.3 is 0 Å². The molecule has 0 atom stereocenters. The molecular formula is C62H46O40. The van der Waals surface area contributed by atoms with Crippen LogP contribution in [0.4, 0.5) is 0 Å². The van der Waals surface area contributed by atoms with E-state index in [2.05, 4.69) is 0 Å². The summed E-state index contributed by atoms with van der Waals surface area (Å²) in [7, 11) is 0. The normalized spacial score (nSPS) is 10.3. The fourth-order valence-electron chi connectivity index (χ4n) is 6.82. The third kappa shape index (κ3) is 31.3. The predicted octanol–water partition coefficient (Wildman–Crippen LogP) is -8.41. The van der Waals surface area contributed by atoms with Gasteiger partial charge in [-0.3, -0.25) is 192 Å². The third-order valence-corrected chi connectivity index (χ3v) is 12.5. The molecule has 40 nitrogen and oxygen atoms in total. The van der Waals surface area contributed by atoms with Crippen molar-refractivity contribution in [3.8, 4) is 0 Å². The molecule has 0 aliphatic heterocycles. The van der Waals surface area contributed by atoms with Crippen LogP contribution in [0.2, 0.25) is 0 Å². The van der Waals surface area contributed by atoms with Crippen LogP contribution in [-0.4, -0.2) is 231 Å². The van der Waals surface area contributed by atoms with Gasteiger partial charge in [-0.25, -0.2) is 0 Å². The van der Waals surface area contributed by atoms with Gasteiger partial charge in [-0.1, -0.05) is 0 Å². The highest BCUT2D eigenvalue weighted by Gasteiger charge is 2.37. The fourth-order valence-corrected chi connectivity index (χ4v) is 6.82. The first kappa shape index (κ1) is 88.8. The fraction of sp³-hybridized carbons (Fsp3) is 0.355. The van der Waals surface area contributed by atoms with E-state index in [1.54, 1.807) is 0 Å². The molecule has 0 aromatic carbocycles. The Kier molecular flexibility index (Phi) is 35.8. The number of rotatable bonds is 59. The van der Waals surface area contributed by atoms with E-state index < -0.39 is 360 Å². The molecule has 0 aliphatic rings. The number of hydrogen-bond acceptors (Lipinski definition) is 40. The van der Waals surface area contributed by atoms with Crippen LogP contribution >= 0.6 is 0 Å². The van der Waals surface area contributed by atoms with Crippen molar-refractivity contribution >= 4 is 231 Å². The zero-order valence-corrected chi connectivity index (χ0v) is 52.5. The topological polar surface area (TPSA) is 683 Å². The van der Waals surface area contributed by atoms with Gasteiger partial charge in [-0.15, -0.1) is 0 Å². The zero-order valence-electron chi connectivity index (χ0n) is 52.5. The van der Waals surface area contributed by atoms with Crippen molar-refractivity contribution in [3.63, 3.8) is 0 Å². The summed E-state index contributed by atoms with van der Waals surface area (Å²) in [5, 5.41) is 0. The molecule has 0 aliphatic carbocycles. The molecule has 0 N–H and O–H groups in total. The Morgan fingerprint density at radius 1 is 0.0882 bits per heavy atom. The second kappa shape index (κ2) is 41.1. The van der Waals surface area contributed by atoms with E-state index in [0.717, 1.165) is 13.8 Å². The highest BCUT2D eigenvalue weighted by atomic mass is 16.2. The molecule has 0 unspecified atom stereocenters. The maximum Gasteiger partial charge on any atom is 0.206 e. The lowest BCUT2D eigenvalue weighted by Gasteiger charge is -2.03. The van der Waals surface area contributed by atoms with Crippen LogP contribution in [0.15, 0.2) is 0 Å². The minimum Gasteiger partial charge on any atom is -0.300 e. The molecular weight excluding hydrogens is 1380 g/mol. The Balaban J connectivity index is 5.07. The summed E-state index contributed by atoms with van der Waals surface area (Å²) in [6.45, 7) is 1.85. The van der Waals surface area contributed by atoms with Gasteiger partial charge in [0.25, 0.3) is 0 Å². The van der Waals surface area contributed by atoms with E-state index in [-0.39, 0.29) is 0 Å². The summed E-state index contributed by atoms with van der Waals surface area (Å²) in [5.41, 5.74) is 0. The first-order valence-electron chi connectivity index (χ1n) is 28.1. The predicted molar refractivity (Wildman–Crippen MR) is 304 cm³/mol. The zero-order chi connectivity index (χ0) is 79.2. The van der Waals surface area contributed by atoms with Gasteiger partial charge in [0.15, 0.2) is 0 Å². The number of Topliss-reactive ketones (excluding diaryl/α,β-unsaturated/α-hetero) is 40. The van der Waals surface area contributed by atoms with E-state index in [4.69, 9.17) is 0 Å². The molecule has 0 saturated carbocycles. The minimum atomic E-state index is -1.95. The standard InChI is InChI=1S/C62H46O40/c1-23(63)3-25(65)27(67)5-29(69)31(71)7-33(73)35(75)9-37(77)39(79)11-41(81)43(83)13-45(85)47(87)15-49(89)51(91)17-53(93)55(95)19-57(97)59(99)21-61(101)62(102)22-60(100)58(98)20-56(96)54(94)18-52(92)50(90)16-48(88)46(86)14-44(84)42(82)12-40(80)38(78)10-36(76)34(74)8-32(72)30(70)6-28(68)26(66)4-24(2)64/h3-22H2,1-2H3. The van der Waals surface area contributed by atoms with Crippen LogP contribution in [0.1, 0.15) is 142 Å². The first-order chi connectivity index (χ1) is 46.9. The van der Waals surface area contributed by atoms with Gasteiger partial charge in [0.2, 0.25) is 220 Å². The van der Waals surface area contributed by atoms with E-state index in [0.29, 0.717) is 0 Å². The summed E-state index contributed by atoms with van der Waals surface area (Å²) in [6.07, 6.45) is -32.1. The number of ketones is 40. The molecule has 0 aromatic heterocycles. The first-order valence-corrected chi connectivity index (χ1v) is 28.1. The smallest absolute Gasteiger partial charge is 0.206 e. The molecule has 534 valence electrons. The molecule has 0 fully saturated rings. The van der Waals surface area contributed by atoms with Crippen LogP contribution in [0.3, 0.4) is 0 Å². The summed E-state index contributed by atoms with van der Waals surface area (Å²) in [6, 6.07) is 0. The van der Waals surface area contributed by atoms with Crippen LogP contribution < -0.4 is 0 Å². The van der Waals surface area contributed by atoms with Gasteiger partial charge in [0.05, 0.1) is 128 Å². The Morgan fingerprint density at radius 2 is 0.127 bits per heavy atom. The molecule has 102 heavy (non-hydrogen) atoms. The molecule has 0 saturated heterocycles. The van der Waals surface area contributed by atoms with Crippen LogP contribution in [0, 0.1) is 0 Å².